The first-order valence-electron chi connectivity index (χ1n) is 9.63. The second kappa shape index (κ2) is 10.1. The molecule has 1 heterocycles. The van der Waals surface area contributed by atoms with Crippen LogP contribution in [0, 0.1) is 0 Å². The molecule has 0 saturated carbocycles. The summed E-state index contributed by atoms with van der Waals surface area (Å²) in [7, 11) is 0. The van der Waals surface area contributed by atoms with Crippen LogP contribution in [0.25, 0.3) is 17.3 Å². The summed E-state index contributed by atoms with van der Waals surface area (Å²) < 4.78 is 5.78. The van der Waals surface area contributed by atoms with Crippen LogP contribution >= 0.6 is 22.9 Å². The number of hydrogen-bond donors (Lipinski definition) is 1. The van der Waals surface area contributed by atoms with Gasteiger partial charge >= 0.3 is 0 Å². The molecule has 0 bridgehead atoms. The summed E-state index contributed by atoms with van der Waals surface area (Å²) in [6.45, 7) is 0.518. The predicted octanol–water partition coefficient (Wildman–Crippen LogP) is 6.69. The summed E-state index contributed by atoms with van der Waals surface area (Å²) in [6, 6.07) is 25.0. The second-order valence-corrected chi connectivity index (χ2v) is 8.01. The molecular weight excluding hydrogens is 428 g/mol. The van der Waals surface area contributed by atoms with Crippen LogP contribution in [0.3, 0.4) is 0 Å². The van der Waals surface area contributed by atoms with Gasteiger partial charge in [-0.15, -0.1) is 11.3 Å². The first-order chi connectivity index (χ1) is 15.2. The number of anilines is 1. The van der Waals surface area contributed by atoms with E-state index < -0.39 is 0 Å². The minimum atomic E-state index is -0.235. The maximum absolute atomic E-state index is 12.2. The predicted molar refractivity (Wildman–Crippen MR) is 127 cm³/mol. The second-order valence-electron chi connectivity index (χ2n) is 6.71. The van der Waals surface area contributed by atoms with Crippen LogP contribution in [-0.4, -0.2) is 10.9 Å². The summed E-state index contributed by atoms with van der Waals surface area (Å²) in [5.41, 5.74) is 3.77. The number of thiazole rings is 1. The van der Waals surface area contributed by atoms with Crippen molar-refractivity contribution in [2.45, 2.75) is 6.61 Å². The minimum absolute atomic E-state index is 0.235. The highest BCUT2D eigenvalue weighted by Gasteiger charge is 2.06. The number of nitrogens with zero attached hydrogens (tertiary/aromatic N) is 1. The number of halogens is 1. The van der Waals surface area contributed by atoms with E-state index in [1.54, 1.807) is 6.08 Å². The van der Waals surface area contributed by atoms with Gasteiger partial charge < -0.3 is 4.74 Å². The van der Waals surface area contributed by atoms with Crippen LogP contribution in [-0.2, 0) is 11.4 Å². The molecule has 31 heavy (non-hydrogen) atoms. The van der Waals surface area contributed by atoms with Crippen molar-refractivity contribution in [2.75, 3.05) is 5.32 Å². The van der Waals surface area contributed by atoms with E-state index in [1.165, 1.54) is 17.4 Å². The van der Waals surface area contributed by atoms with Gasteiger partial charge in [0.05, 0.1) is 5.69 Å². The monoisotopic (exact) mass is 446 g/mol. The number of carbonyl (C=O) groups is 1. The number of ether oxygens (including phenoxy) is 1. The van der Waals surface area contributed by atoms with Crippen molar-refractivity contribution >= 4 is 40.1 Å². The third-order valence-electron chi connectivity index (χ3n) is 4.43. The number of nitrogens with one attached hydrogen (secondary N) is 1. The molecule has 4 aromatic rings. The Morgan fingerprint density at radius 1 is 1.00 bits per heavy atom. The van der Waals surface area contributed by atoms with Crippen molar-refractivity contribution < 1.29 is 9.53 Å². The van der Waals surface area contributed by atoms with E-state index in [4.69, 9.17) is 16.3 Å². The Bertz CT molecular complexity index is 1170. The summed E-state index contributed by atoms with van der Waals surface area (Å²) in [5, 5.41) is 5.91. The third kappa shape index (κ3) is 6.04. The molecule has 4 nitrogen and oxygen atoms in total. The average Bonchev–Trinajstić information content (AvgIpc) is 3.26. The van der Waals surface area contributed by atoms with Crippen LogP contribution in [0.15, 0.2) is 90.3 Å². The summed E-state index contributed by atoms with van der Waals surface area (Å²) in [5.74, 6) is 0.546. The molecule has 0 atom stereocenters. The van der Waals surface area contributed by atoms with E-state index in [0.717, 1.165) is 28.1 Å². The maximum Gasteiger partial charge on any atom is 0.250 e. The van der Waals surface area contributed by atoms with Crippen molar-refractivity contribution in [3.05, 3.63) is 106 Å². The van der Waals surface area contributed by atoms with E-state index >= 15 is 0 Å². The minimum Gasteiger partial charge on any atom is -0.489 e. The summed E-state index contributed by atoms with van der Waals surface area (Å²) in [6.07, 6.45) is 3.24. The van der Waals surface area contributed by atoms with E-state index in [-0.39, 0.29) is 5.91 Å². The third-order valence-corrected chi connectivity index (χ3v) is 5.44. The average molecular weight is 447 g/mol. The van der Waals surface area contributed by atoms with Crippen molar-refractivity contribution in [1.29, 1.82) is 0 Å². The van der Waals surface area contributed by atoms with Gasteiger partial charge in [-0.3, -0.25) is 10.1 Å². The van der Waals surface area contributed by atoms with Crippen LogP contribution in [0.4, 0.5) is 5.13 Å². The van der Waals surface area contributed by atoms with Crippen molar-refractivity contribution in [3.8, 4) is 17.0 Å². The fourth-order valence-electron chi connectivity index (χ4n) is 2.82. The molecule has 0 fully saturated rings. The van der Waals surface area contributed by atoms with Gasteiger partial charge in [0.15, 0.2) is 5.13 Å². The maximum atomic E-state index is 12.2. The first kappa shape index (κ1) is 20.8. The summed E-state index contributed by atoms with van der Waals surface area (Å²) in [4.78, 5) is 16.7. The molecule has 0 saturated heterocycles. The zero-order valence-electron chi connectivity index (χ0n) is 16.5. The topological polar surface area (TPSA) is 51.2 Å². The number of aromatic nitrogens is 1. The molecule has 0 aliphatic carbocycles. The standard InChI is InChI=1S/C25H19ClN2O2S/c26-21-11-9-20(10-12-21)23-17-31-25(27-23)28-24(29)15-8-18-6-13-22(14-7-18)30-16-19-4-2-1-3-5-19/h1-15,17H,16H2,(H,27,28,29)/b15-8+. The van der Waals surface area contributed by atoms with Gasteiger partial charge in [-0.2, -0.15) is 0 Å². The van der Waals surface area contributed by atoms with Gasteiger partial charge in [0, 0.05) is 22.0 Å². The van der Waals surface area contributed by atoms with E-state index in [2.05, 4.69) is 10.3 Å². The van der Waals surface area contributed by atoms with Crippen LogP contribution in [0.5, 0.6) is 5.75 Å². The molecule has 1 amide bonds. The van der Waals surface area contributed by atoms with E-state index in [0.29, 0.717) is 16.8 Å². The van der Waals surface area contributed by atoms with Gasteiger partial charge in [-0.1, -0.05) is 66.2 Å². The highest BCUT2D eigenvalue weighted by atomic mass is 35.5. The molecule has 0 aliphatic rings. The lowest BCUT2D eigenvalue weighted by molar-refractivity contribution is -0.111. The Kier molecular flexibility index (Phi) is 6.77. The molecule has 0 radical (unpaired) electrons. The molecule has 4 rings (SSSR count). The Morgan fingerprint density at radius 3 is 2.48 bits per heavy atom. The molecule has 1 N–H and O–H groups in total. The highest BCUT2D eigenvalue weighted by Crippen LogP contribution is 2.26. The van der Waals surface area contributed by atoms with Crippen LogP contribution < -0.4 is 10.1 Å². The molecule has 3 aromatic carbocycles. The van der Waals surface area contributed by atoms with Crippen LogP contribution in [0.2, 0.25) is 5.02 Å². The summed E-state index contributed by atoms with van der Waals surface area (Å²) >= 11 is 7.30. The molecule has 0 unspecified atom stereocenters. The van der Waals surface area contributed by atoms with Crippen LogP contribution in [0.1, 0.15) is 11.1 Å². The van der Waals surface area contributed by atoms with Gasteiger partial charge in [-0.05, 0) is 41.5 Å². The molecular formula is C25H19ClN2O2S. The fraction of sp³-hybridized carbons (Fsp3) is 0.0400. The first-order valence-corrected chi connectivity index (χ1v) is 10.9. The highest BCUT2D eigenvalue weighted by molar-refractivity contribution is 7.14. The Labute approximate surface area is 189 Å². The number of amides is 1. The lowest BCUT2D eigenvalue weighted by Crippen LogP contribution is -2.07. The van der Waals surface area contributed by atoms with Gasteiger partial charge in [0.1, 0.15) is 12.4 Å². The Balaban J connectivity index is 1.30. The molecule has 1 aromatic heterocycles. The number of benzene rings is 3. The molecule has 154 valence electrons. The molecule has 0 spiro atoms. The van der Waals surface area contributed by atoms with Gasteiger partial charge in [-0.25, -0.2) is 4.98 Å². The normalized spacial score (nSPS) is 10.9. The lowest BCUT2D eigenvalue weighted by atomic mass is 10.2. The SMILES string of the molecule is O=C(/C=C/c1ccc(OCc2ccccc2)cc1)Nc1nc(-c2ccc(Cl)cc2)cs1. The van der Waals surface area contributed by atoms with E-state index in [9.17, 15) is 4.79 Å². The zero-order valence-corrected chi connectivity index (χ0v) is 18.1. The smallest absolute Gasteiger partial charge is 0.250 e. The lowest BCUT2D eigenvalue weighted by Gasteiger charge is -2.06. The van der Waals surface area contributed by atoms with Crippen molar-refractivity contribution in [3.63, 3.8) is 0 Å². The van der Waals surface area contributed by atoms with Gasteiger partial charge in [0.2, 0.25) is 5.91 Å². The fourth-order valence-corrected chi connectivity index (χ4v) is 3.67. The Morgan fingerprint density at radius 2 is 1.74 bits per heavy atom. The zero-order chi connectivity index (χ0) is 21.5. The quantitative estimate of drug-likeness (QED) is 0.321. The number of hydrogen-bond acceptors (Lipinski definition) is 4. The number of rotatable bonds is 7. The largest absolute Gasteiger partial charge is 0.489 e. The molecule has 6 heteroatoms. The Hall–Kier alpha value is -3.41. The molecule has 0 aliphatic heterocycles. The van der Waals surface area contributed by atoms with Gasteiger partial charge in [0.25, 0.3) is 0 Å². The van der Waals surface area contributed by atoms with Crippen molar-refractivity contribution in [2.24, 2.45) is 0 Å². The van der Waals surface area contributed by atoms with Crippen molar-refractivity contribution in [1.82, 2.24) is 4.98 Å². The van der Waals surface area contributed by atoms with E-state index in [1.807, 2.05) is 84.2 Å². The number of carbonyl (C=O) groups excluding carboxylic acids is 1.